The zero-order valence-electron chi connectivity index (χ0n) is 7.59. The maximum Gasteiger partial charge on any atom is 0.0426 e. The Morgan fingerprint density at radius 2 is 1.93 bits per heavy atom. The first kappa shape index (κ1) is 11.1. The third-order valence-corrected chi connectivity index (χ3v) is 1.87. The quantitative estimate of drug-likeness (QED) is 0.747. The Morgan fingerprint density at radius 1 is 1.07 bits per heavy atom. The van der Waals surface area contributed by atoms with Crippen LogP contribution in [0.15, 0.2) is 48.7 Å². The second kappa shape index (κ2) is 5.72. The Kier molecular flexibility index (Phi) is 4.55. The normalized spacial score (nSPS) is 9.14. The van der Waals surface area contributed by atoms with Crippen LogP contribution in [0.3, 0.4) is 0 Å². The number of benzene rings is 1. The fraction of sp³-hybridized carbons (Fsp3) is 0.0833. The van der Waals surface area contributed by atoms with Crippen molar-refractivity contribution in [3.8, 4) is 0 Å². The van der Waals surface area contributed by atoms with Gasteiger partial charge in [0.1, 0.15) is 0 Å². The smallest absolute Gasteiger partial charge is 0.0426 e. The van der Waals surface area contributed by atoms with Crippen LogP contribution in [0.5, 0.6) is 0 Å². The Labute approximate surface area is 98.5 Å². The molecule has 0 amide bonds. The van der Waals surface area contributed by atoms with Crippen molar-refractivity contribution in [3.63, 3.8) is 0 Å². The summed E-state index contributed by atoms with van der Waals surface area (Å²) in [7, 11) is 0. The molecule has 0 aliphatic heterocycles. The van der Waals surface area contributed by atoms with Crippen molar-refractivity contribution in [1.82, 2.24) is 4.98 Å². The van der Waals surface area contributed by atoms with Crippen LogP contribution in [0.25, 0.3) is 0 Å². The monoisotopic (exact) mass is 363 g/mol. The maximum absolute atomic E-state index is 4.25. The first-order valence-corrected chi connectivity index (χ1v) is 4.30. The van der Waals surface area contributed by atoms with Crippen LogP contribution in [0, 0.1) is 6.07 Å². The largest absolute Gasteiger partial charge is 0.261 e. The van der Waals surface area contributed by atoms with E-state index in [0.717, 1.165) is 12.1 Å². The van der Waals surface area contributed by atoms with E-state index in [9.17, 15) is 0 Å². The third kappa shape index (κ3) is 3.08. The van der Waals surface area contributed by atoms with Crippen molar-refractivity contribution < 1.29 is 21.1 Å². The van der Waals surface area contributed by atoms with Gasteiger partial charge in [0, 0.05) is 33.0 Å². The number of aromatic nitrogens is 1. The number of pyridine rings is 1. The number of hydrogen-bond donors (Lipinski definition) is 0. The molecule has 0 spiro atoms. The molecule has 0 atom stereocenters. The molecule has 0 saturated heterocycles. The molecule has 0 radical (unpaired) electrons. The molecule has 0 saturated carbocycles. The first-order valence-electron chi connectivity index (χ1n) is 4.30. The van der Waals surface area contributed by atoms with Gasteiger partial charge in [-0.1, -0.05) is 6.07 Å². The van der Waals surface area contributed by atoms with Crippen LogP contribution >= 0.6 is 0 Å². The molecule has 0 N–H and O–H groups in total. The second-order valence-electron chi connectivity index (χ2n) is 2.89. The molecule has 74 valence electrons. The molecule has 0 fully saturated rings. The van der Waals surface area contributed by atoms with Gasteiger partial charge in [-0.25, -0.2) is 0 Å². The average molecular weight is 363 g/mol. The Bertz CT molecular complexity index is 321. The molecule has 2 rings (SSSR count). The molecule has 1 heterocycles. The van der Waals surface area contributed by atoms with Gasteiger partial charge in [-0.2, -0.15) is 35.9 Å². The molecule has 14 heavy (non-hydrogen) atoms. The second-order valence-corrected chi connectivity index (χ2v) is 2.89. The van der Waals surface area contributed by atoms with Crippen molar-refractivity contribution in [2.24, 2.45) is 0 Å². The predicted octanol–water partition coefficient (Wildman–Crippen LogP) is 2.47. The van der Waals surface area contributed by atoms with Crippen molar-refractivity contribution in [3.05, 3.63) is 66.0 Å². The van der Waals surface area contributed by atoms with Gasteiger partial charge in [0.25, 0.3) is 0 Å². The SMILES string of the molecule is [Pt].[c-]1ccccc1Cc1ccccn1. The van der Waals surface area contributed by atoms with E-state index in [1.54, 1.807) is 0 Å². The van der Waals surface area contributed by atoms with E-state index >= 15 is 0 Å². The Morgan fingerprint density at radius 3 is 2.57 bits per heavy atom. The minimum absolute atomic E-state index is 0. The minimum Gasteiger partial charge on any atom is -0.261 e. The number of hydrogen-bond acceptors (Lipinski definition) is 1. The molecular formula is C12H10NPt-. The summed E-state index contributed by atoms with van der Waals surface area (Å²) in [5.74, 6) is 0. The van der Waals surface area contributed by atoms with Gasteiger partial charge in [0.2, 0.25) is 0 Å². The molecule has 0 unspecified atom stereocenters. The summed E-state index contributed by atoms with van der Waals surface area (Å²) in [6.07, 6.45) is 2.68. The van der Waals surface area contributed by atoms with Crippen LogP contribution in [0.2, 0.25) is 0 Å². The van der Waals surface area contributed by atoms with Crippen molar-refractivity contribution in [2.45, 2.75) is 6.42 Å². The summed E-state index contributed by atoms with van der Waals surface area (Å²) in [6.45, 7) is 0. The van der Waals surface area contributed by atoms with E-state index in [0.29, 0.717) is 0 Å². The van der Waals surface area contributed by atoms with Crippen LogP contribution in [0.4, 0.5) is 0 Å². The third-order valence-electron chi connectivity index (χ3n) is 1.87. The molecule has 2 heteroatoms. The molecule has 0 aliphatic rings. The van der Waals surface area contributed by atoms with Gasteiger partial charge in [0.05, 0.1) is 0 Å². The van der Waals surface area contributed by atoms with E-state index in [1.165, 1.54) is 5.56 Å². The molecule has 0 aliphatic carbocycles. The summed E-state index contributed by atoms with van der Waals surface area (Å²) in [5.41, 5.74) is 2.27. The van der Waals surface area contributed by atoms with E-state index < -0.39 is 0 Å². The van der Waals surface area contributed by atoms with Gasteiger partial charge in [-0.3, -0.25) is 4.98 Å². The molecular weight excluding hydrogens is 353 g/mol. The zero-order valence-corrected chi connectivity index (χ0v) is 9.86. The van der Waals surface area contributed by atoms with E-state index in [4.69, 9.17) is 0 Å². The standard InChI is InChI=1S/C12H10N.Pt/c1-2-6-11(7-3-1)10-12-8-4-5-9-13-12;/h1-6,8-9H,10H2;/q-1;. The number of rotatable bonds is 2. The van der Waals surface area contributed by atoms with Gasteiger partial charge in [0.15, 0.2) is 0 Å². The predicted molar refractivity (Wildman–Crippen MR) is 52.3 cm³/mol. The molecule has 1 aromatic carbocycles. The van der Waals surface area contributed by atoms with Crippen molar-refractivity contribution >= 4 is 0 Å². The van der Waals surface area contributed by atoms with Crippen molar-refractivity contribution in [1.29, 1.82) is 0 Å². The van der Waals surface area contributed by atoms with Gasteiger partial charge < -0.3 is 0 Å². The van der Waals surface area contributed by atoms with Gasteiger partial charge in [-0.15, -0.1) is 0 Å². The Hall–Kier alpha value is -0.942. The van der Waals surface area contributed by atoms with Crippen LogP contribution in [-0.2, 0) is 27.5 Å². The van der Waals surface area contributed by atoms with Gasteiger partial charge in [-0.05, 0) is 18.6 Å². The zero-order chi connectivity index (χ0) is 8.93. The van der Waals surface area contributed by atoms with Crippen LogP contribution in [0.1, 0.15) is 11.3 Å². The summed E-state index contributed by atoms with van der Waals surface area (Å²) >= 11 is 0. The first-order chi connectivity index (χ1) is 6.45. The summed E-state index contributed by atoms with van der Waals surface area (Å²) < 4.78 is 0. The summed E-state index contributed by atoms with van der Waals surface area (Å²) in [6, 6.07) is 17.1. The minimum atomic E-state index is 0. The van der Waals surface area contributed by atoms with Crippen LogP contribution < -0.4 is 0 Å². The van der Waals surface area contributed by atoms with E-state index in [2.05, 4.69) is 17.1 Å². The summed E-state index contributed by atoms with van der Waals surface area (Å²) in [4.78, 5) is 4.25. The fourth-order valence-corrected chi connectivity index (χ4v) is 1.24. The summed E-state index contributed by atoms with van der Waals surface area (Å²) in [5, 5.41) is 0. The topological polar surface area (TPSA) is 12.9 Å². The molecule has 1 nitrogen and oxygen atoms in total. The number of nitrogens with zero attached hydrogens (tertiary/aromatic N) is 1. The molecule has 0 bridgehead atoms. The fourth-order valence-electron chi connectivity index (χ4n) is 1.24. The Balaban J connectivity index is 0.000000980. The maximum atomic E-state index is 4.25. The van der Waals surface area contributed by atoms with E-state index in [1.807, 2.05) is 42.6 Å². The van der Waals surface area contributed by atoms with Crippen molar-refractivity contribution in [2.75, 3.05) is 0 Å². The van der Waals surface area contributed by atoms with E-state index in [-0.39, 0.29) is 21.1 Å². The van der Waals surface area contributed by atoms with Gasteiger partial charge >= 0.3 is 0 Å². The average Bonchev–Trinajstić information content (AvgIpc) is 2.21. The molecule has 1 aromatic heterocycles. The molecule has 2 aromatic rings. The van der Waals surface area contributed by atoms with Crippen LogP contribution in [-0.4, -0.2) is 4.98 Å².